The van der Waals surface area contributed by atoms with Crippen LogP contribution in [0.2, 0.25) is 0 Å². The summed E-state index contributed by atoms with van der Waals surface area (Å²) in [7, 11) is 0. The molecule has 1 aliphatic carbocycles. The maximum Gasteiger partial charge on any atom is 0.319 e. The number of aromatic nitrogens is 2. The van der Waals surface area contributed by atoms with Crippen LogP contribution in [0.4, 0.5) is 16.3 Å². The number of amides is 2. The zero-order chi connectivity index (χ0) is 19.6. The Morgan fingerprint density at radius 2 is 1.93 bits per heavy atom. The van der Waals surface area contributed by atoms with Gasteiger partial charge in [-0.2, -0.15) is 0 Å². The molecule has 0 radical (unpaired) electrons. The lowest BCUT2D eigenvalue weighted by Gasteiger charge is -2.26. The number of rotatable bonds is 5. The van der Waals surface area contributed by atoms with Crippen LogP contribution in [0.5, 0.6) is 0 Å². The van der Waals surface area contributed by atoms with Crippen LogP contribution in [0.1, 0.15) is 38.8 Å². The summed E-state index contributed by atoms with van der Waals surface area (Å²) in [5.74, 6) is 0.574. The van der Waals surface area contributed by atoms with Gasteiger partial charge in [0.15, 0.2) is 16.9 Å². The van der Waals surface area contributed by atoms with Gasteiger partial charge in [-0.25, -0.2) is 19.0 Å². The van der Waals surface area contributed by atoms with Crippen molar-refractivity contribution in [2.45, 2.75) is 43.9 Å². The number of nitrogens with two attached hydrogens (primary N) is 1. The Hall–Kier alpha value is -2.52. The van der Waals surface area contributed by atoms with Gasteiger partial charge in [0.25, 0.3) is 0 Å². The van der Waals surface area contributed by atoms with Crippen LogP contribution in [0.25, 0.3) is 11.4 Å². The van der Waals surface area contributed by atoms with E-state index < -0.39 is 15.8 Å². The van der Waals surface area contributed by atoms with Gasteiger partial charge in [0.05, 0.1) is 5.69 Å². The van der Waals surface area contributed by atoms with E-state index in [4.69, 9.17) is 5.73 Å². The Labute approximate surface area is 160 Å². The topological polar surface area (TPSA) is 130 Å². The van der Waals surface area contributed by atoms with Crippen molar-refractivity contribution < 1.29 is 13.6 Å². The van der Waals surface area contributed by atoms with Crippen molar-refractivity contribution in [1.82, 2.24) is 15.3 Å². The number of carbonyl (C=O) groups excluding carboxylic acids is 1. The highest BCUT2D eigenvalue weighted by atomic mass is 32.2. The summed E-state index contributed by atoms with van der Waals surface area (Å²) in [6.45, 7) is 3.23. The Balaban J connectivity index is 1.77. The summed E-state index contributed by atoms with van der Waals surface area (Å²) < 4.78 is 20.0. The maximum atomic E-state index is 11.9. The molecule has 1 atom stereocenters. The van der Waals surface area contributed by atoms with E-state index in [1.54, 1.807) is 38.1 Å². The van der Waals surface area contributed by atoms with Gasteiger partial charge in [-0.1, -0.05) is 0 Å². The molecule has 0 bridgehead atoms. The molecule has 0 saturated heterocycles. The lowest BCUT2D eigenvalue weighted by molar-refractivity contribution is 0.240. The van der Waals surface area contributed by atoms with Crippen LogP contribution in [0, 0.1) is 0 Å². The quantitative estimate of drug-likeness (QED) is 0.582. The molecule has 1 fully saturated rings. The molecule has 2 amide bonds. The summed E-state index contributed by atoms with van der Waals surface area (Å²) in [5, 5.41) is 5.70. The molecule has 1 heterocycles. The van der Waals surface area contributed by atoms with Crippen LogP contribution in [-0.4, -0.2) is 30.8 Å². The van der Waals surface area contributed by atoms with E-state index in [9.17, 15) is 13.6 Å². The predicted molar refractivity (Wildman–Crippen MR) is 105 cm³/mol. The second-order valence-electron chi connectivity index (χ2n) is 7.06. The first-order chi connectivity index (χ1) is 12.8. The third-order valence-corrected chi connectivity index (χ3v) is 5.72. The highest BCUT2D eigenvalue weighted by Gasteiger charge is 2.30. The summed E-state index contributed by atoms with van der Waals surface area (Å²) in [4.78, 5) is 20.5. The largest absolute Gasteiger partial charge is 0.384 e. The van der Waals surface area contributed by atoms with Crippen LogP contribution < -0.4 is 16.4 Å². The number of benzene rings is 1. The van der Waals surface area contributed by atoms with Gasteiger partial charge in [0, 0.05) is 23.4 Å². The van der Waals surface area contributed by atoms with E-state index >= 15 is 0 Å². The summed E-state index contributed by atoms with van der Waals surface area (Å²) in [5.41, 5.74) is 7.58. The van der Waals surface area contributed by atoms with Crippen molar-refractivity contribution in [2.24, 2.45) is 0 Å². The average Bonchev–Trinajstić information content (AvgIpc) is 2.58. The van der Waals surface area contributed by atoms with Crippen LogP contribution in [0.3, 0.4) is 0 Å². The van der Waals surface area contributed by atoms with Gasteiger partial charge in [-0.15, -0.1) is 0 Å². The molecular formula is C18H23N5O3S. The molecule has 5 N–H and O–H groups in total. The third-order valence-electron chi connectivity index (χ3n) is 4.64. The van der Waals surface area contributed by atoms with Crippen molar-refractivity contribution in [3.8, 4) is 11.4 Å². The first kappa shape index (κ1) is 19.2. The fraction of sp³-hybridized carbons (Fsp3) is 0.389. The minimum atomic E-state index is -2.11. The smallest absolute Gasteiger partial charge is 0.319 e. The van der Waals surface area contributed by atoms with E-state index in [0.717, 1.165) is 19.3 Å². The first-order valence-corrected chi connectivity index (χ1v) is 9.80. The van der Waals surface area contributed by atoms with Gasteiger partial charge in [-0.3, -0.25) is 0 Å². The van der Waals surface area contributed by atoms with E-state index in [1.165, 1.54) is 6.07 Å². The van der Waals surface area contributed by atoms with Gasteiger partial charge in [0.1, 0.15) is 10.6 Å². The van der Waals surface area contributed by atoms with Gasteiger partial charge in [0.2, 0.25) is 0 Å². The van der Waals surface area contributed by atoms with Crippen molar-refractivity contribution in [3.05, 3.63) is 36.0 Å². The molecule has 0 spiro atoms. The number of hydrogen-bond acceptors (Lipinski definition) is 5. The number of nitrogens with one attached hydrogen (secondary N) is 2. The zero-order valence-electron chi connectivity index (χ0n) is 15.2. The molecule has 1 unspecified atom stereocenters. The highest BCUT2D eigenvalue weighted by molar-refractivity contribution is 7.80. The lowest BCUT2D eigenvalue weighted by Crippen LogP contribution is -2.41. The average molecular weight is 389 g/mol. The Morgan fingerprint density at radius 1 is 1.26 bits per heavy atom. The second kappa shape index (κ2) is 7.61. The molecule has 0 aliphatic heterocycles. The summed E-state index contributed by atoms with van der Waals surface area (Å²) in [6, 6.07) is 8.57. The molecule has 27 heavy (non-hydrogen) atoms. The maximum absolute atomic E-state index is 11.9. The first-order valence-electron chi connectivity index (χ1n) is 8.69. The molecule has 1 aromatic carbocycles. The minimum Gasteiger partial charge on any atom is -0.384 e. The Bertz CT molecular complexity index is 866. The summed E-state index contributed by atoms with van der Waals surface area (Å²) >= 11 is -2.11. The number of nitrogens with zero attached hydrogens (tertiary/aromatic N) is 2. The zero-order valence-corrected chi connectivity index (χ0v) is 16.0. The summed E-state index contributed by atoms with van der Waals surface area (Å²) in [6.07, 6.45) is 3.20. The van der Waals surface area contributed by atoms with E-state index in [0.29, 0.717) is 22.8 Å². The Kier molecular flexibility index (Phi) is 5.43. The third kappa shape index (κ3) is 4.42. The highest BCUT2D eigenvalue weighted by Crippen LogP contribution is 2.28. The fourth-order valence-electron chi connectivity index (χ4n) is 2.60. The predicted octanol–water partition coefficient (Wildman–Crippen LogP) is 2.86. The van der Waals surface area contributed by atoms with Crippen molar-refractivity contribution in [3.63, 3.8) is 0 Å². The van der Waals surface area contributed by atoms with E-state index in [1.807, 2.05) is 0 Å². The SMILES string of the molecule is CC(C)(c1cc(N)nc(-c2ccc(NC(=O)NC3CCC3)cc2)n1)S(=O)O. The van der Waals surface area contributed by atoms with Crippen molar-refractivity contribution >= 4 is 28.6 Å². The van der Waals surface area contributed by atoms with Gasteiger partial charge >= 0.3 is 6.03 Å². The molecule has 8 nitrogen and oxygen atoms in total. The Morgan fingerprint density at radius 3 is 2.48 bits per heavy atom. The standard InChI is InChI=1S/C18H23N5O3S/c1-18(2,27(25)26)14-10-15(19)23-16(22-14)11-6-8-13(9-7-11)21-17(24)20-12-4-3-5-12/h6-10,12H,3-5H2,1-2H3,(H,25,26)(H2,19,22,23)(H2,20,21,24). The van der Waals surface area contributed by atoms with E-state index in [2.05, 4.69) is 20.6 Å². The van der Waals surface area contributed by atoms with Crippen molar-refractivity contribution in [1.29, 1.82) is 0 Å². The molecule has 1 saturated carbocycles. The number of nitrogen functional groups attached to an aromatic ring is 1. The number of anilines is 2. The minimum absolute atomic E-state index is 0.218. The molecule has 2 aromatic rings. The molecule has 3 rings (SSSR count). The number of urea groups is 1. The molecule has 1 aliphatic rings. The molecule has 1 aromatic heterocycles. The van der Waals surface area contributed by atoms with Gasteiger partial charge < -0.3 is 20.9 Å². The lowest BCUT2D eigenvalue weighted by atomic mass is 9.93. The van der Waals surface area contributed by atoms with Crippen LogP contribution in [0.15, 0.2) is 30.3 Å². The molecule has 144 valence electrons. The monoisotopic (exact) mass is 389 g/mol. The number of hydrogen-bond donors (Lipinski definition) is 4. The van der Waals surface area contributed by atoms with E-state index in [-0.39, 0.29) is 17.9 Å². The van der Waals surface area contributed by atoms with Crippen molar-refractivity contribution in [2.75, 3.05) is 11.1 Å². The van der Waals surface area contributed by atoms with Crippen LogP contribution >= 0.6 is 0 Å². The molecular weight excluding hydrogens is 366 g/mol. The molecule has 9 heteroatoms. The second-order valence-corrected chi connectivity index (χ2v) is 8.58. The number of carbonyl (C=O) groups is 1. The fourth-order valence-corrected chi connectivity index (χ4v) is 2.88. The normalized spacial score (nSPS) is 15.7. The van der Waals surface area contributed by atoms with Crippen LogP contribution in [-0.2, 0) is 15.8 Å². The van der Waals surface area contributed by atoms with Gasteiger partial charge in [-0.05, 0) is 57.4 Å².